The maximum atomic E-state index is 14.1. The summed E-state index contributed by atoms with van der Waals surface area (Å²) in [6, 6.07) is 40.2. The van der Waals surface area contributed by atoms with Gasteiger partial charge in [0.1, 0.15) is 11.5 Å². The van der Waals surface area contributed by atoms with E-state index in [9.17, 15) is 19.2 Å². The van der Waals surface area contributed by atoms with Gasteiger partial charge in [-0.25, -0.2) is 9.59 Å². The highest BCUT2D eigenvalue weighted by molar-refractivity contribution is 7.99. The number of ketones is 2. The van der Waals surface area contributed by atoms with Crippen molar-refractivity contribution in [1.29, 1.82) is 0 Å². The molecule has 8 heteroatoms. The standard InChI is InChI=1S/C53H48O6S2/c1-5-8-33-13-15-34(16-14-33)35-17-19-36(20-18-35)51(56)58-39-25-27-40(28-26-39)59-52(57)37-21-29-41(30-22-37)60-45-11-6-9-43-47(45)49(54)44-10-7-12-46(48(44)50(43)55)61-42-31-23-38(24-32-42)53(2,3)4/h6-7,9-12,17-34H,5,8,13-16H2,1-4H3. The second kappa shape index (κ2) is 18.1. The van der Waals surface area contributed by atoms with E-state index in [1.165, 1.54) is 73.2 Å². The molecule has 0 unspecified atom stereocenters. The normalized spacial score (nSPS) is 16.1. The van der Waals surface area contributed by atoms with Crippen molar-refractivity contribution >= 4 is 47.0 Å². The van der Waals surface area contributed by atoms with Gasteiger partial charge in [0.05, 0.1) is 11.1 Å². The lowest BCUT2D eigenvalue weighted by Gasteiger charge is -2.28. The van der Waals surface area contributed by atoms with Crippen molar-refractivity contribution < 1.29 is 28.7 Å². The summed E-state index contributed by atoms with van der Waals surface area (Å²) in [5, 5.41) is 0. The molecule has 0 bridgehead atoms. The van der Waals surface area contributed by atoms with Crippen molar-refractivity contribution in [1.82, 2.24) is 0 Å². The molecular formula is C53H48O6S2. The van der Waals surface area contributed by atoms with Crippen LogP contribution in [0.5, 0.6) is 11.5 Å². The van der Waals surface area contributed by atoms with Crippen molar-refractivity contribution in [2.75, 3.05) is 0 Å². The SMILES string of the molecule is CCCC1CCC(c2ccc(C(=O)Oc3ccc(OC(=O)c4ccc(Sc5cccc6c5C(=O)c5cccc(Sc7ccc(C(C)(C)C)cc7)c5C6=O)cc4)cc3)cc2)CC1. The van der Waals surface area contributed by atoms with Gasteiger partial charge in [0.25, 0.3) is 0 Å². The van der Waals surface area contributed by atoms with E-state index in [1.807, 2.05) is 30.3 Å². The van der Waals surface area contributed by atoms with Gasteiger partial charge >= 0.3 is 11.9 Å². The Morgan fingerprint density at radius 1 is 0.574 bits per heavy atom. The first-order valence-corrected chi connectivity index (χ1v) is 22.6. The number of esters is 2. The molecule has 308 valence electrons. The highest BCUT2D eigenvalue weighted by atomic mass is 32.2. The van der Waals surface area contributed by atoms with E-state index in [0.29, 0.717) is 55.7 Å². The van der Waals surface area contributed by atoms with Crippen molar-refractivity contribution in [2.45, 2.75) is 97.1 Å². The molecule has 1 fully saturated rings. The highest BCUT2D eigenvalue weighted by Crippen LogP contribution is 2.42. The zero-order chi connectivity index (χ0) is 42.7. The largest absolute Gasteiger partial charge is 0.423 e. The molecule has 0 atom stereocenters. The summed E-state index contributed by atoms with van der Waals surface area (Å²) in [4.78, 5) is 57.4. The van der Waals surface area contributed by atoms with E-state index in [0.717, 1.165) is 20.6 Å². The number of fused-ring (bicyclic) bond motifs is 2. The third kappa shape index (κ3) is 9.46. The lowest BCUT2D eigenvalue weighted by molar-refractivity contribution is 0.0719. The molecule has 6 aromatic rings. The molecule has 0 saturated heterocycles. The zero-order valence-electron chi connectivity index (χ0n) is 34.9. The maximum Gasteiger partial charge on any atom is 0.343 e. The molecule has 0 N–H and O–H groups in total. The minimum atomic E-state index is -0.548. The Bertz CT molecular complexity index is 2580. The molecule has 0 amide bonds. The third-order valence-corrected chi connectivity index (χ3v) is 13.8. The van der Waals surface area contributed by atoms with Crippen LogP contribution in [-0.4, -0.2) is 23.5 Å². The van der Waals surface area contributed by atoms with Gasteiger partial charge < -0.3 is 9.47 Å². The van der Waals surface area contributed by atoms with Gasteiger partial charge in [-0.2, -0.15) is 0 Å². The topological polar surface area (TPSA) is 86.7 Å². The average molecular weight is 845 g/mol. The van der Waals surface area contributed by atoms with E-state index in [1.54, 1.807) is 66.7 Å². The van der Waals surface area contributed by atoms with E-state index < -0.39 is 11.9 Å². The molecule has 0 aliphatic heterocycles. The highest BCUT2D eigenvalue weighted by Gasteiger charge is 2.34. The first-order chi connectivity index (χ1) is 29.4. The van der Waals surface area contributed by atoms with E-state index in [-0.39, 0.29) is 17.0 Å². The van der Waals surface area contributed by atoms with Crippen LogP contribution in [0, 0.1) is 5.92 Å². The molecule has 8 rings (SSSR count). The molecule has 61 heavy (non-hydrogen) atoms. The van der Waals surface area contributed by atoms with Crippen LogP contribution in [0.15, 0.2) is 153 Å². The average Bonchev–Trinajstić information content (AvgIpc) is 3.26. The molecule has 0 spiro atoms. The van der Waals surface area contributed by atoms with Crippen LogP contribution in [0.3, 0.4) is 0 Å². The van der Waals surface area contributed by atoms with Gasteiger partial charge in [-0.15, -0.1) is 0 Å². The third-order valence-electron chi connectivity index (χ3n) is 11.7. The number of carbonyl (C=O) groups excluding carboxylic acids is 4. The second-order valence-corrected chi connectivity index (χ2v) is 19.1. The quantitative estimate of drug-likeness (QED) is 0.0940. The first kappa shape index (κ1) is 42.0. The van der Waals surface area contributed by atoms with Crippen LogP contribution < -0.4 is 9.47 Å². The Balaban J connectivity index is 0.877. The Morgan fingerprint density at radius 2 is 1.02 bits per heavy atom. The molecule has 1 saturated carbocycles. The Kier molecular flexibility index (Phi) is 12.5. The monoisotopic (exact) mass is 844 g/mol. The van der Waals surface area contributed by atoms with Gasteiger partial charge in [-0.3, -0.25) is 9.59 Å². The Hall–Kier alpha value is -5.70. The van der Waals surface area contributed by atoms with Gasteiger partial charge in [0.15, 0.2) is 11.6 Å². The summed E-state index contributed by atoms with van der Waals surface area (Å²) in [7, 11) is 0. The lowest BCUT2D eigenvalue weighted by Crippen LogP contribution is -2.22. The molecule has 6 aromatic carbocycles. The second-order valence-electron chi connectivity index (χ2n) is 16.9. The van der Waals surface area contributed by atoms with Crippen molar-refractivity contribution in [3.63, 3.8) is 0 Å². The van der Waals surface area contributed by atoms with E-state index in [2.05, 4.69) is 64.1 Å². The van der Waals surface area contributed by atoms with Crippen LogP contribution in [0.1, 0.15) is 136 Å². The molecule has 2 aliphatic rings. The fourth-order valence-electron chi connectivity index (χ4n) is 8.28. The Labute approximate surface area is 366 Å². The molecule has 0 radical (unpaired) electrons. The van der Waals surface area contributed by atoms with Gasteiger partial charge in [0.2, 0.25) is 0 Å². The number of carbonyl (C=O) groups is 4. The number of rotatable bonds is 11. The molecule has 0 aromatic heterocycles. The fourth-order valence-corrected chi connectivity index (χ4v) is 10.2. The first-order valence-electron chi connectivity index (χ1n) is 21.0. The van der Waals surface area contributed by atoms with Crippen LogP contribution in [0.25, 0.3) is 0 Å². The molecule has 6 nitrogen and oxygen atoms in total. The summed E-state index contributed by atoms with van der Waals surface area (Å²) < 4.78 is 11.2. The Morgan fingerprint density at radius 3 is 1.46 bits per heavy atom. The van der Waals surface area contributed by atoms with Crippen molar-refractivity contribution in [2.24, 2.45) is 5.92 Å². The van der Waals surface area contributed by atoms with Crippen LogP contribution >= 0.6 is 23.5 Å². The predicted molar refractivity (Wildman–Crippen MR) is 242 cm³/mol. The summed E-state index contributed by atoms with van der Waals surface area (Å²) in [6.07, 6.45) is 7.51. The smallest absolute Gasteiger partial charge is 0.343 e. The van der Waals surface area contributed by atoms with Crippen molar-refractivity contribution in [3.8, 4) is 11.5 Å². The minimum Gasteiger partial charge on any atom is -0.423 e. The number of hydrogen-bond acceptors (Lipinski definition) is 8. The van der Waals surface area contributed by atoms with Crippen LogP contribution in [0.4, 0.5) is 0 Å². The summed E-state index contributed by atoms with van der Waals surface area (Å²) >= 11 is 2.84. The molecule has 0 heterocycles. The zero-order valence-corrected chi connectivity index (χ0v) is 36.5. The molecular weight excluding hydrogens is 797 g/mol. The molecule has 2 aliphatic carbocycles. The lowest BCUT2D eigenvalue weighted by atomic mass is 9.77. The summed E-state index contributed by atoms with van der Waals surface area (Å²) in [6.45, 7) is 8.77. The van der Waals surface area contributed by atoms with Gasteiger partial charge in [0, 0.05) is 41.8 Å². The van der Waals surface area contributed by atoms with Crippen molar-refractivity contribution in [3.05, 3.63) is 178 Å². The predicted octanol–water partition coefficient (Wildman–Crippen LogP) is 13.6. The van der Waals surface area contributed by atoms with E-state index in [4.69, 9.17) is 9.47 Å². The van der Waals surface area contributed by atoms with Crippen LogP contribution in [0.2, 0.25) is 0 Å². The number of ether oxygens (including phenoxy) is 2. The summed E-state index contributed by atoms with van der Waals surface area (Å²) in [5.74, 6) is 0.688. The van der Waals surface area contributed by atoms with E-state index >= 15 is 0 Å². The minimum absolute atomic E-state index is 0.0291. The fraction of sp³-hybridized carbons (Fsp3) is 0.245. The van der Waals surface area contributed by atoms with Gasteiger partial charge in [-0.05, 0) is 139 Å². The number of hydrogen-bond donors (Lipinski definition) is 0. The summed E-state index contributed by atoms with van der Waals surface area (Å²) in [5.41, 5.74) is 4.94. The van der Waals surface area contributed by atoms with Crippen LogP contribution in [-0.2, 0) is 5.41 Å². The number of benzene rings is 6. The van der Waals surface area contributed by atoms with Gasteiger partial charge in [-0.1, -0.05) is 113 Å². The maximum absolute atomic E-state index is 14.1.